The molecule has 5 nitrogen and oxygen atoms in total. The summed E-state index contributed by atoms with van der Waals surface area (Å²) in [6.45, 7) is 6.63. The van der Waals surface area contributed by atoms with Crippen LogP contribution in [0, 0.1) is 6.92 Å². The highest BCUT2D eigenvalue weighted by atomic mass is 32.1. The van der Waals surface area contributed by atoms with Crippen molar-refractivity contribution in [3.05, 3.63) is 21.4 Å². The van der Waals surface area contributed by atoms with Crippen molar-refractivity contribution in [1.82, 2.24) is 10.6 Å². The molecule has 0 spiro atoms. The Hall–Kier alpha value is -1.40. The molecule has 1 unspecified atom stereocenters. The van der Waals surface area contributed by atoms with Crippen LogP contribution >= 0.6 is 11.3 Å². The average Bonchev–Trinajstić information content (AvgIpc) is 2.68. The number of thiophene rings is 1. The third-order valence-electron chi connectivity index (χ3n) is 2.57. The number of carbonyl (C=O) groups is 2. The van der Waals surface area contributed by atoms with Crippen molar-refractivity contribution >= 4 is 23.2 Å². The van der Waals surface area contributed by atoms with E-state index in [0.717, 1.165) is 10.4 Å². The Morgan fingerprint density at radius 2 is 2.17 bits per heavy atom. The molecule has 6 heteroatoms. The van der Waals surface area contributed by atoms with Crippen LogP contribution in [0.1, 0.15) is 34.0 Å². The Kier molecular flexibility index (Phi) is 5.30. The lowest BCUT2D eigenvalue weighted by Crippen LogP contribution is -2.41. The zero-order chi connectivity index (χ0) is 13.7. The molecule has 0 aliphatic carbocycles. The molecule has 3 N–H and O–H groups in total. The van der Waals surface area contributed by atoms with Crippen LogP contribution in [0.4, 0.5) is 0 Å². The van der Waals surface area contributed by atoms with Crippen LogP contribution in [-0.4, -0.2) is 29.6 Å². The normalized spacial score (nSPS) is 12.2. The third-order valence-corrected chi connectivity index (χ3v) is 3.66. The van der Waals surface area contributed by atoms with Gasteiger partial charge >= 0.3 is 5.97 Å². The summed E-state index contributed by atoms with van der Waals surface area (Å²) in [5.74, 6) is -0.963. The fraction of sp³-hybridized carbons (Fsp3) is 0.500. The first-order valence-corrected chi connectivity index (χ1v) is 6.61. The molecule has 1 heterocycles. The molecule has 1 amide bonds. The summed E-state index contributed by atoms with van der Waals surface area (Å²) in [4.78, 5) is 23.6. The molecular formula is C12H18N2O3S. The largest absolute Gasteiger partial charge is 0.477 e. The minimum Gasteiger partial charge on any atom is -0.477 e. The van der Waals surface area contributed by atoms with Crippen molar-refractivity contribution < 1.29 is 14.7 Å². The maximum absolute atomic E-state index is 11.5. The molecule has 0 saturated heterocycles. The number of hydrogen-bond donors (Lipinski definition) is 3. The zero-order valence-electron chi connectivity index (χ0n) is 10.7. The van der Waals surface area contributed by atoms with Gasteiger partial charge in [0.05, 0.1) is 6.04 Å². The van der Waals surface area contributed by atoms with Gasteiger partial charge in [0, 0.05) is 18.0 Å². The maximum atomic E-state index is 11.5. The van der Waals surface area contributed by atoms with Gasteiger partial charge in [-0.3, -0.25) is 4.79 Å². The Balaban J connectivity index is 2.58. The van der Waals surface area contributed by atoms with E-state index in [2.05, 4.69) is 10.6 Å². The summed E-state index contributed by atoms with van der Waals surface area (Å²) >= 11 is 1.25. The first-order valence-electron chi connectivity index (χ1n) is 5.79. The van der Waals surface area contributed by atoms with E-state index >= 15 is 0 Å². The van der Waals surface area contributed by atoms with Crippen molar-refractivity contribution in [2.45, 2.75) is 33.4 Å². The molecule has 0 fully saturated rings. The highest BCUT2D eigenvalue weighted by Crippen LogP contribution is 2.21. The van der Waals surface area contributed by atoms with E-state index in [0.29, 0.717) is 18.0 Å². The zero-order valence-corrected chi connectivity index (χ0v) is 11.6. The van der Waals surface area contributed by atoms with Crippen LogP contribution in [0.2, 0.25) is 0 Å². The number of carboxylic acids is 1. The Morgan fingerprint density at radius 3 is 2.67 bits per heavy atom. The molecule has 0 aliphatic rings. The predicted molar refractivity (Wildman–Crippen MR) is 71.0 cm³/mol. The number of carbonyl (C=O) groups excluding carboxylic acids is 1. The van der Waals surface area contributed by atoms with E-state index < -0.39 is 5.97 Å². The summed E-state index contributed by atoms with van der Waals surface area (Å²) in [7, 11) is 0. The number of likely N-dealkylation sites (N-methyl/N-ethyl adjacent to an activating group) is 1. The van der Waals surface area contributed by atoms with Crippen molar-refractivity contribution in [3.8, 4) is 0 Å². The summed E-state index contributed by atoms with van der Waals surface area (Å²) in [6.07, 6.45) is 0. The fourth-order valence-electron chi connectivity index (χ4n) is 1.48. The van der Waals surface area contributed by atoms with Crippen molar-refractivity contribution in [2.24, 2.45) is 0 Å². The average molecular weight is 270 g/mol. The second-order valence-electron chi connectivity index (χ2n) is 3.99. The van der Waals surface area contributed by atoms with Crippen molar-refractivity contribution in [1.29, 1.82) is 0 Å². The topological polar surface area (TPSA) is 78.4 Å². The van der Waals surface area contributed by atoms with E-state index in [-0.39, 0.29) is 11.9 Å². The lowest BCUT2D eigenvalue weighted by molar-refractivity contribution is -0.122. The molecular weight excluding hydrogens is 252 g/mol. The summed E-state index contributed by atoms with van der Waals surface area (Å²) in [5, 5.41) is 14.7. The standard InChI is InChI=1S/C12H18N2O3S/c1-4-13-11(15)7(2)14-6-9-5-10(12(16)17)18-8(9)3/h5,7,14H,4,6H2,1-3H3,(H,13,15)(H,16,17). The van der Waals surface area contributed by atoms with Crippen LogP contribution in [0.3, 0.4) is 0 Å². The van der Waals surface area contributed by atoms with Crippen LogP contribution in [0.25, 0.3) is 0 Å². The van der Waals surface area contributed by atoms with Crippen LogP contribution < -0.4 is 10.6 Å². The molecule has 0 bridgehead atoms. The minimum absolute atomic E-state index is 0.0520. The number of aryl methyl sites for hydroxylation is 1. The Bertz CT molecular complexity index is 443. The smallest absolute Gasteiger partial charge is 0.345 e. The molecule has 1 atom stereocenters. The van der Waals surface area contributed by atoms with Crippen LogP contribution in [-0.2, 0) is 11.3 Å². The SMILES string of the molecule is CCNC(=O)C(C)NCc1cc(C(=O)O)sc1C. The van der Waals surface area contributed by atoms with Crippen molar-refractivity contribution in [3.63, 3.8) is 0 Å². The fourth-order valence-corrected chi connectivity index (χ4v) is 2.36. The summed E-state index contributed by atoms with van der Waals surface area (Å²) in [6, 6.07) is 1.36. The van der Waals surface area contributed by atoms with Gasteiger partial charge in [-0.25, -0.2) is 4.79 Å². The number of aromatic carboxylic acids is 1. The molecule has 1 aromatic rings. The molecule has 0 aromatic carbocycles. The quantitative estimate of drug-likeness (QED) is 0.729. The van der Waals surface area contributed by atoms with Crippen molar-refractivity contribution in [2.75, 3.05) is 6.54 Å². The van der Waals surface area contributed by atoms with Gasteiger partial charge in [-0.15, -0.1) is 11.3 Å². The molecule has 0 saturated carbocycles. The molecule has 0 aliphatic heterocycles. The Labute approximate surface area is 110 Å². The number of nitrogens with one attached hydrogen (secondary N) is 2. The van der Waals surface area contributed by atoms with E-state index in [1.807, 2.05) is 13.8 Å². The van der Waals surface area contributed by atoms with Gasteiger partial charge in [0.15, 0.2) is 0 Å². The summed E-state index contributed by atoms with van der Waals surface area (Å²) in [5.41, 5.74) is 0.925. The first kappa shape index (κ1) is 14.7. The predicted octanol–water partition coefficient (Wildman–Crippen LogP) is 1.37. The number of rotatable bonds is 6. The highest BCUT2D eigenvalue weighted by Gasteiger charge is 2.14. The monoisotopic (exact) mass is 270 g/mol. The van der Waals surface area contributed by atoms with Gasteiger partial charge in [0.1, 0.15) is 4.88 Å². The van der Waals surface area contributed by atoms with Crippen LogP contribution in [0.15, 0.2) is 6.07 Å². The number of amides is 1. The van der Waals surface area contributed by atoms with Gasteiger partial charge < -0.3 is 15.7 Å². The van der Waals surface area contributed by atoms with E-state index in [4.69, 9.17) is 5.11 Å². The second-order valence-corrected chi connectivity index (χ2v) is 5.25. The molecule has 100 valence electrons. The van der Waals surface area contributed by atoms with E-state index in [9.17, 15) is 9.59 Å². The third kappa shape index (κ3) is 3.82. The lowest BCUT2D eigenvalue weighted by atomic mass is 10.2. The van der Waals surface area contributed by atoms with Gasteiger partial charge in [-0.05, 0) is 32.4 Å². The van der Waals surface area contributed by atoms with Gasteiger partial charge in [-0.2, -0.15) is 0 Å². The molecule has 18 heavy (non-hydrogen) atoms. The number of hydrogen-bond acceptors (Lipinski definition) is 4. The second kappa shape index (κ2) is 6.51. The minimum atomic E-state index is -0.911. The summed E-state index contributed by atoms with van der Waals surface area (Å²) < 4.78 is 0. The van der Waals surface area contributed by atoms with E-state index in [1.54, 1.807) is 13.0 Å². The molecule has 0 radical (unpaired) electrons. The first-order chi connectivity index (χ1) is 8.45. The van der Waals surface area contributed by atoms with Gasteiger partial charge in [0.25, 0.3) is 0 Å². The lowest BCUT2D eigenvalue weighted by Gasteiger charge is -2.12. The van der Waals surface area contributed by atoms with Gasteiger partial charge in [-0.1, -0.05) is 0 Å². The maximum Gasteiger partial charge on any atom is 0.345 e. The van der Waals surface area contributed by atoms with Gasteiger partial charge in [0.2, 0.25) is 5.91 Å². The number of carboxylic acid groups (broad SMARTS) is 1. The van der Waals surface area contributed by atoms with E-state index in [1.165, 1.54) is 11.3 Å². The van der Waals surface area contributed by atoms with Crippen LogP contribution in [0.5, 0.6) is 0 Å². The molecule has 1 rings (SSSR count). The highest BCUT2D eigenvalue weighted by molar-refractivity contribution is 7.14. The molecule has 1 aromatic heterocycles. The Morgan fingerprint density at radius 1 is 1.50 bits per heavy atom.